The van der Waals surface area contributed by atoms with Crippen LogP contribution in [0.5, 0.6) is 0 Å². The van der Waals surface area contributed by atoms with Crippen LogP contribution in [0.2, 0.25) is 0 Å². The van der Waals surface area contributed by atoms with Gasteiger partial charge in [-0.3, -0.25) is 14.9 Å². The summed E-state index contributed by atoms with van der Waals surface area (Å²) in [6, 6.07) is -0.519. The Morgan fingerprint density at radius 3 is 2.82 bits per heavy atom. The summed E-state index contributed by atoms with van der Waals surface area (Å²) in [6.45, 7) is 4.91. The molecule has 1 saturated heterocycles. The van der Waals surface area contributed by atoms with Gasteiger partial charge in [-0.2, -0.15) is 0 Å². The Balaban J connectivity index is 2.71. The van der Waals surface area contributed by atoms with E-state index in [4.69, 9.17) is 0 Å². The molecule has 1 rings (SSSR count). The topological polar surface area (TPSA) is 58.2 Å². The quantitative estimate of drug-likeness (QED) is 0.573. The van der Waals surface area contributed by atoms with Crippen molar-refractivity contribution >= 4 is 11.8 Å². The van der Waals surface area contributed by atoms with E-state index in [0.29, 0.717) is 12.1 Å². The first-order valence-corrected chi connectivity index (χ1v) is 5.32. The van der Waals surface area contributed by atoms with Gasteiger partial charge in [0.05, 0.1) is 0 Å². The third kappa shape index (κ3) is 4.22. The minimum Gasteiger partial charge on any atom is -0.374 e. The summed E-state index contributed by atoms with van der Waals surface area (Å²) in [5.74, 6) is -1.27. The lowest BCUT2D eigenvalue weighted by atomic mass is 10.1. The Bertz CT molecular complexity index is 399. The number of carbonyl (C=O) groups is 2. The Morgan fingerprint density at radius 1 is 1.59 bits per heavy atom. The van der Waals surface area contributed by atoms with Crippen molar-refractivity contribution in [1.82, 2.24) is 10.6 Å². The molecule has 1 atom stereocenters. The molecule has 1 aliphatic rings. The molecule has 0 aromatic heterocycles. The monoisotopic (exact) mass is 238 g/mol. The largest absolute Gasteiger partial charge is 0.374 e. The van der Waals surface area contributed by atoms with Crippen LogP contribution in [-0.2, 0) is 9.59 Å². The van der Waals surface area contributed by atoms with E-state index in [2.05, 4.69) is 17.2 Å². The van der Waals surface area contributed by atoms with Crippen LogP contribution < -0.4 is 10.6 Å². The van der Waals surface area contributed by atoms with Gasteiger partial charge >= 0.3 is 0 Å². The second-order valence-electron chi connectivity index (χ2n) is 3.69. The molecule has 0 aromatic rings. The summed E-state index contributed by atoms with van der Waals surface area (Å²) in [6.07, 6.45) is 5.23. The first-order valence-electron chi connectivity index (χ1n) is 5.32. The van der Waals surface area contributed by atoms with Crippen molar-refractivity contribution in [2.45, 2.75) is 25.8 Å². The van der Waals surface area contributed by atoms with Gasteiger partial charge in [-0.1, -0.05) is 12.7 Å². The maximum Gasteiger partial charge on any atom is 0.249 e. The molecule has 0 aliphatic carbocycles. The van der Waals surface area contributed by atoms with Gasteiger partial charge < -0.3 is 5.32 Å². The highest BCUT2D eigenvalue weighted by molar-refractivity contribution is 6.00. The van der Waals surface area contributed by atoms with E-state index in [1.54, 1.807) is 19.1 Å². The van der Waals surface area contributed by atoms with Crippen molar-refractivity contribution in [3.8, 4) is 0 Å². The molecule has 0 saturated carbocycles. The van der Waals surface area contributed by atoms with Crippen LogP contribution in [0.1, 0.15) is 19.8 Å². The van der Waals surface area contributed by atoms with Crippen LogP contribution >= 0.6 is 0 Å². The summed E-state index contributed by atoms with van der Waals surface area (Å²) in [4.78, 5) is 22.4. The molecule has 17 heavy (non-hydrogen) atoms. The number of nitrogens with one attached hydrogen (secondary N) is 2. The third-order valence-electron chi connectivity index (χ3n) is 2.24. The Hall–Kier alpha value is -1.91. The van der Waals surface area contributed by atoms with Crippen LogP contribution in [0.4, 0.5) is 4.39 Å². The van der Waals surface area contributed by atoms with E-state index >= 15 is 0 Å². The molecule has 0 radical (unpaired) electrons. The Morgan fingerprint density at radius 2 is 2.29 bits per heavy atom. The molecule has 0 aromatic carbocycles. The van der Waals surface area contributed by atoms with Crippen LogP contribution in [0.25, 0.3) is 0 Å². The highest BCUT2D eigenvalue weighted by atomic mass is 19.1. The highest BCUT2D eigenvalue weighted by Crippen LogP contribution is 2.09. The number of amides is 2. The average molecular weight is 238 g/mol. The molecule has 4 nitrogen and oxygen atoms in total. The molecule has 1 heterocycles. The standard InChI is InChI=1S/C12H15FN2O2/c1-3-4-9(7-8(2)13)14-10-5-6-11(16)15-12(10)17/h3-4,7,10,14H,2,5-6H2,1H3,(H,15,16,17)/b4-3-,9-7+. The van der Waals surface area contributed by atoms with Gasteiger partial charge in [-0.05, 0) is 25.5 Å². The van der Waals surface area contributed by atoms with E-state index in [9.17, 15) is 14.0 Å². The molecule has 1 unspecified atom stereocenters. The second-order valence-corrected chi connectivity index (χ2v) is 3.69. The molecule has 0 spiro atoms. The Kier molecular flexibility index (Phi) is 4.63. The molecular formula is C12H15FN2O2. The summed E-state index contributed by atoms with van der Waals surface area (Å²) in [5.41, 5.74) is 0.453. The van der Waals surface area contributed by atoms with E-state index in [-0.39, 0.29) is 18.2 Å². The number of carbonyl (C=O) groups excluding carboxylic acids is 2. The summed E-state index contributed by atoms with van der Waals surface area (Å²) in [5, 5.41) is 5.09. The van der Waals surface area contributed by atoms with Crippen molar-refractivity contribution in [2.75, 3.05) is 0 Å². The number of piperidine rings is 1. The minimum atomic E-state index is -0.599. The fourth-order valence-corrected chi connectivity index (χ4v) is 1.52. The normalized spacial score (nSPS) is 21.5. The van der Waals surface area contributed by atoms with Gasteiger partial charge in [0.15, 0.2) is 0 Å². The fourth-order valence-electron chi connectivity index (χ4n) is 1.52. The number of hydrogen-bond donors (Lipinski definition) is 2. The minimum absolute atomic E-state index is 0.278. The predicted octanol–water partition coefficient (Wildman–Crippen LogP) is 1.32. The lowest BCUT2D eigenvalue weighted by Crippen LogP contribution is -2.50. The van der Waals surface area contributed by atoms with Crippen molar-refractivity contribution in [3.05, 3.63) is 36.3 Å². The van der Waals surface area contributed by atoms with Gasteiger partial charge in [0.2, 0.25) is 11.8 Å². The Labute approximate surface area is 99.3 Å². The average Bonchev–Trinajstić information content (AvgIpc) is 2.21. The zero-order chi connectivity index (χ0) is 12.8. The zero-order valence-corrected chi connectivity index (χ0v) is 9.63. The van der Waals surface area contributed by atoms with Gasteiger partial charge in [-0.15, -0.1) is 0 Å². The summed E-state index contributed by atoms with van der Waals surface area (Å²) < 4.78 is 12.7. The van der Waals surface area contributed by atoms with Gasteiger partial charge in [0, 0.05) is 12.1 Å². The number of hydrogen-bond acceptors (Lipinski definition) is 3. The lowest BCUT2D eigenvalue weighted by molar-refractivity contribution is -0.134. The molecule has 2 amide bonds. The summed E-state index contributed by atoms with van der Waals surface area (Å²) in [7, 11) is 0. The predicted molar refractivity (Wildman–Crippen MR) is 62.5 cm³/mol. The SMILES string of the molecule is C=C(F)/C=C(\C=C/C)NC1CCC(=O)NC1=O. The first kappa shape index (κ1) is 13.2. The molecule has 92 valence electrons. The van der Waals surface area contributed by atoms with Crippen LogP contribution in [0.15, 0.2) is 36.3 Å². The fraction of sp³-hybridized carbons (Fsp3) is 0.333. The maximum absolute atomic E-state index is 12.7. The van der Waals surface area contributed by atoms with Crippen LogP contribution in [0, 0.1) is 0 Å². The molecular weight excluding hydrogens is 223 g/mol. The van der Waals surface area contributed by atoms with Crippen molar-refractivity contribution < 1.29 is 14.0 Å². The molecule has 1 fully saturated rings. The number of rotatable bonds is 4. The van der Waals surface area contributed by atoms with E-state index in [0.717, 1.165) is 0 Å². The third-order valence-corrected chi connectivity index (χ3v) is 2.24. The maximum atomic E-state index is 12.7. The number of halogens is 1. The van der Waals surface area contributed by atoms with E-state index in [1.807, 2.05) is 0 Å². The number of imide groups is 1. The highest BCUT2D eigenvalue weighted by Gasteiger charge is 2.26. The zero-order valence-electron chi connectivity index (χ0n) is 9.63. The van der Waals surface area contributed by atoms with Gasteiger partial charge in [0.25, 0.3) is 0 Å². The van der Waals surface area contributed by atoms with Gasteiger partial charge in [0.1, 0.15) is 11.9 Å². The number of allylic oxidation sites excluding steroid dienone is 4. The lowest BCUT2D eigenvalue weighted by Gasteiger charge is -2.23. The molecule has 2 N–H and O–H groups in total. The molecule has 5 heteroatoms. The smallest absolute Gasteiger partial charge is 0.249 e. The van der Waals surface area contributed by atoms with Gasteiger partial charge in [-0.25, -0.2) is 4.39 Å². The first-order chi connectivity index (χ1) is 8.02. The van der Waals surface area contributed by atoms with Crippen molar-refractivity contribution in [1.29, 1.82) is 0 Å². The second kappa shape index (κ2) is 5.98. The van der Waals surface area contributed by atoms with Crippen molar-refractivity contribution in [2.24, 2.45) is 0 Å². The van der Waals surface area contributed by atoms with E-state index < -0.39 is 11.9 Å². The molecule has 1 aliphatic heterocycles. The van der Waals surface area contributed by atoms with Crippen molar-refractivity contribution in [3.63, 3.8) is 0 Å². The molecule has 0 bridgehead atoms. The van der Waals surface area contributed by atoms with E-state index in [1.165, 1.54) is 6.08 Å². The summed E-state index contributed by atoms with van der Waals surface area (Å²) >= 11 is 0. The van der Waals surface area contributed by atoms with Crippen LogP contribution in [0.3, 0.4) is 0 Å². The van der Waals surface area contributed by atoms with Crippen LogP contribution in [-0.4, -0.2) is 17.9 Å².